The number of nitrogens with zero attached hydrogens (tertiary/aromatic N) is 1. The van der Waals surface area contributed by atoms with Crippen LogP contribution in [0.1, 0.15) is 35.2 Å². The van der Waals surface area contributed by atoms with E-state index in [1.54, 1.807) is 6.92 Å². The Morgan fingerprint density at radius 1 is 1.15 bits per heavy atom. The summed E-state index contributed by atoms with van der Waals surface area (Å²) in [5, 5.41) is 8.97. The van der Waals surface area contributed by atoms with E-state index in [9.17, 15) is 18.4 Å². The second-order valence-electron chi connectivity index (χ2n) is 6.55. The molecule has 4 nitrogen and oxygen atoms in total. The highest BCUT2D eigenvalue weighted by atomic mass is 19.1. The van der Waals surface area contributed by atoms with E-state index in [0.717, 1.165) is 12.5 Å². The van der Waals surface area contributed by atoms with Gasteiger partial charge >= 0.3 is 5.97 Å². The molecule has 136 valence electrons. The largest absolute Gasteiger partial charge is 0.481 e. The van der Waals surface area contributed by atoms with Gasteiger partial charge < -0.3 is 10.0 Å². The van der Waals surface area contributed by atoms with Crippen molar-refractivity contribution < 1.29 is 23.5 Å². The monoisotopic (exact) mass is 359 g/mol. The molecule has 0 saturated carbocycles. The fourth-order valence-electron chi connectivity index (χ4n) is 3.48. The Hall–Kier alpha value is -2.76. The first-order valence-corrected chi connectivity index (χ1v) is 8.45. The maximum atomic E-state index is 14.6. The van der Waals surface area contributed by atoms with Crippen LogP contribution in [0.25, 0.3) is 11.1 Å². The third-order valence-corrected chi connectivity index (χ3v) is 4.74. The molecule has 0 spiro atoms. The third kappa shape index (κ3) is 3.59. The molecular formula is C20H19F2NO3. The van der Waals surface area contributed by atoms with E-state index in [1.165, 1.54) is 35.2 Å². The number of hydrogen-bond acceptors (Lipinski definition) is 2. The zero-order valence-electron chi connectivity index (χ0n) is 14.3. The predicted molar refractivity (Wildman–Crippen MR) is 92.8 cm³/mol. The van der Waals surface area contributed by atoms with Crippen molar-refractivity contribution in [3.8, 4) is 11.1 Å². The van der Waals surface area contributed by atoms with Gasteiger partial charge in [-0.3, -0.25) is 9.59 Å². The molecule has 1 saturated heterocycles. The number of rotatable bonds is 4. The first-order chi connectivity index (χ1) is 12.4. The molecular weight excluding hydrogens is 340 g/mol. The lowest BCUT2D eigenvalue weighted by Gasteiger charge is -2.23. The van der Waals surface area contributed by atoms with Gasteiger partial charge in [0.05, 0.1) is 6.42 Å². The van der Waals surface area contributed by atoms with Gasteiger partial charge in [0, 0.05) is 23.7 Å². The Morgan fingerprint density at radius 2 is 1.88 bits per heavy atom. The van der Waals surface area contributed by atoms with Crippen LogP contribution in [-0.4, -0.2) is 34.5 Å². The number of hydrogen-bond donors (Lipinski definition) is 1. The summed E-state index contributed by atoms with van der Waals surface area (Å²) in [6.07, 6.45) is 1.26. The number of aryl methyl sites for hydroxylation is 1. The van der Waals surface area contributed by atoms with Gasteiger partial charge in [-0.05, 0) is 55.2 Å². The van der Waals surface area contributed by atoms with Gasteiger partial charge in [-0.1, -0.05) is 12.1 Å². The molecule has 0 bridgehead atoms. The summed E-state index contributed by atoms with van der Waals surface area (Å²) in [5.41, 5.74) is 1.64. The number of benzene rings is 2. The summed E-state index contributed by atoms with van der Waals surface area (Å²) in [6, 6.07) is 7.94. The van der Waals surface area contributed by atoms with Crippen LogP contribution in [0.5, 0.6) is 0 Å². The van der Waals surface area contributed by atoms with Crippen molar-refractivity contribution in [2.75, 3.05) is 6.54 Å². The number of aliphatic carboxylic acids is 1. The molecule has 26 heavy (non-hydrogen) atoms. The van der Waals surface area contributed by atoms with E-state index in [-0.39, 0.29) is 23.9 Å². The molecule has 2 aromatic rings. The number of carboxylic acids is 1. The molecule has 1 fully saturated rings. The summed E-state index contributed by atoms with van der Waals surface area (Å²) < 4.78 is 27.9. The second kappa shape index (κ2) is 7.23. The van der Waals surface area contributed by atoms with Crippen LogP contribution in [0.2, 0.25) is 0 Å². The molecule has 1 N–H and O–H groups in total. The van der Waals surface area contributed by atoms with Gasteiger partial charge in [0.25, 0.3) is 5.91 Å². The van der Waals surface area contributed by atoms with Gasteiger partial charge in [0.15, 0.2) is 0 Å². The van der Waals surface area contributed by atoms with Crippen LogP contribution in [0.4, 0.5) is 8.78 Å². The van der Waals surface area contributed by atoms with Crippen molar-refractivity contribution in [2.24, 2.45) is 0 Å². The highest BCUT2D eigenvalue weighted by Crippen LogP contribution is 2.29. The van der Waals surface area contributed by atoms with Crippen molar-refractivity contribution in [3.63, 3.8) is 0 Å². The lowest BCUT2D eigenvalue weighted by molar-refractivity contribution is -0.137. The van der Waals surface area contributed by atoms with Gasteiger partial charge in [-0.25, -0.2) is 8.78 Å². The Balaban J connectivity index is 1.87. The van der Waals surface area contributed by atoms with Crippen LogP contribution >= 0.6 is 0 Å². The van der Waals surface area contributed by atoms with E-state index in [4.69, 9.17) is 5.11 Å². The Kier molecular flexibility index (Phi) is 5.02. The first-order valence-electron chi connectivity index (χ1n) is 8.45. The normalized spacial score (nSPS) is 16.7. The zero-order chi connectivity index (χ0) is 18.8. The smallest absolute Gasteiger partial charge is 0.305 e. The predicted octanol–water partition coefficient (Wildman–Crippen LogP) is 4.02. The topological polar surface area (TPSA) is 57.6 Å². The Labute approximate surface area is 150 Å². The molecule has 0 aromatic heterocycles. The molecule has 1 amide bonds. The summed E-state index contributed by atoms with van der Waals surface area (Å²) in [6.45, 7) is 2.16. The average Bonchev–Trinajstić information content (AvgIpc) is 3.02. The quantitative estimate of drug-likeness (QED) is 0.897. The summed E-state index contributed by atoms with van der Waals surface area (Å²) >= 11 is 0. The zero-order valence-corrected chi connectivity index (χ0v) is 14.3. The lowest BCUT2D eigenvalue weighted by Crippen LogP contribution is -2.36. The maximum Gasteiger partial charge on any atom is 0.305 e. The van der Waals surface area contributed by atoms with Crippen molar-refractivity contribution >= 4 is 11.9 Å². The number of likely N-dealkylation sites (tertiary alicyclic amines) is 1. The van der Waals surface area contributed by atoms with Crippen LogP contribution in [0, 0.1) is 18.6 Å². The van der Waals surface area contributed by atoms with Crippen LogP contribution in [-0.2, 0) is 4.79 Å². The first kappa shape index (κ1) is 18.0. The number of carboxylic acid groups (broad SMARTS) is 1. The van der Waals surface area contributed by atoms with Crippen LogP contribution in [0.3, 0.4) is 0 Å². The molecule has 2 aromatic carbocycles. The van der Waals surface area contributed by atoms with E-state index in [1.807, 2.05) is 0 Å². The van der Waals surface area contributed by atoms with Crippen molar-refractivity contribution in [1.82, 2.24) is 4.90 Å². The third-order valence-electron chi connectivity index (χ3n) is 4.74. The average molecular weight is 359 g/mol. The van der Waals surface area contributed by atoms with Crippen molar-refractivity contribution in [1.29, 1.82) is 0 Å². The molecule has 0 aliphatic carbocycles. The van der Waals surface area contributed by atoms with E-state index in [2.05, 4.69) is 0 Å². The molecule has 0 radical (unpaired) electrons. The highest BCUT2D eigenvalue weighted by Gasteiger charge is 2.31. The highest BCUT2D eigenvalue weighted by molar-refractivity contribution is 5.95. The van der Waals surface area contributed by atoms with Crippen LogP contribution in [0.15, 0.2) is 36.4 Å². The minimum atomic E-state index is -0.956. The standard InChI is InChI=1S/C20H19F2NO3/c1-12-9-14(21)5-7-16(12)17-6-4-13(10-18(17)22)20(26)23-8-2-3-15(23)11-19(24)25/h4-7,9-10,15H,2-3,8,11H2,1H3,(H,24,25). The van der Waals surface area contributed by atoms with Gasteiger partial charge in [-0.15, -0.1) is 0 Å². The fraction of sp³-hybridized carbons (Fsp3) is 0.300. The van der Waals surface area contributed by atoms with E-state index < -0.39 is 17.6 Å². The maximum absolute atomic E-state index is 14.6. The summed E-state index contributed by atoms with van der Waals surface area (Å²) in [7, 11) is 0. The Bertz CT molecular complexity index is 866. The molecule has 3 rings (SSSR count). The van der Waals surface area contributed by atoms with Crippen LogP contribution < -0.4 is 0 Å². The van der Waals surface area contributed by atoms with E-state index >= 15 is 0 Å². The molecule has 1 heterocycles. The van der Waals surface area contributed by atoms with Gasteiger partial charge in [0.1, 0.15) is 11.6 Å². The molecule has 1 aliphatic rings. The second-order valence-corrected chi connectivity index (χ2v) is 6.55. The SMILES string of the molecule is Cc1cc(F)ccc1-c1ccc(C(=O)N2CCCC2CC(=O)O)cc1F. The lowest BCUT2D eigenvalue weighted by atomic mass is 9.98. The minimum Gasteiger partial charge on any atom is -0.481 e. The minimum absolute atomic E-state index is 0.110. The molecule has 6 heteroatoms. The van der Waals surface area contributed by atoms with E-state index in [0.29, 0.717) is 29.7 Å². The molecule has 1 aliphatic heterocycles. The van der Waals surface area contributed by atoms with Crippen molar-refractivity contribution in [2.45, 2.75) is 32.2 Å². The Morgan fingerprint density at radius 3 is 2.54 bits per heavy atom. The van der Waals surface area contributed by atoms with Gasteiger partial charge in [-0.2, -0.15) is 0 Å². The fourth-order valence-corrected chi connectivity index (χ4v) is 3.48. The van der Waals surface area contributed by atoms with Gasteiger partial charge in [0.2, 0.25) is 0 Å². The number of carbonyl (C=O) groups excluding carboxylic acids is 1. The number of amides is 1. The summed E-state index contributed by atoms with van der Waals surface area (Å²) in [4.78, 5) is 25.1. The number of carbonyl (C=O) groups is 2. The summed E-state index contributed by atoms with van der Waals surface area (Å²) in [5.74, 6) is -2.28. The molecule has 1 atom stereocenters. The van der Waals surface area contributed by atoms with Crippen molar-refractivity contribution in [3.05, 3.63) is 59.2 Å². The number of halogens is 2. The molecule has 1 unspecified atom stereocenters.